The zero-order valence-electron chi connectivity index (χ0n) is 33.1. The fraction of sp³-hybridized carbons (Fsp3) is 0.838. The maximum Gasteiger partial charge on any atom is 0.245 e. The Bertz CT molecular complexity index is 1080. The molecule has 284 valence electrons. The lowest BCUT2D eigenvalue weighted by molar-refractivity contribution is -0.149. The van der Waals surface area contributed by atoms with Crippen molar-refractivity contribution in [1.82, 2.24) is 30.7 Å². The number of amides is 5. The quantitative estimate of drug-likeness (QED) is 0.138. The van der Waals surface area contributed by atoms with E-state index in [1.807, 2.05) is 55.4 Å². The van der Waals surface area contributed by atoms with Crippen molar-refractivity contribution in [2.75, 3.05) is 28.2 Å². The van der Waals surface area contributed by atoms with Crippen LogP contribution in [-0.2, 0) is 28.8 Å². The van der Waals surface area contributed by atoms with E-state index in [2.05, 4.69) is 22.9 Å². The standard InChI is InChI=1S/C37H70N6O6/c1-15-18-19-20-28(26(10)44)39-33(45)30(21-23(4)5)43(14)37(49)32(25(8)9)40-34(46)31(22-24(6)7)42(13)36(48)29(17-3)41(12)35(47)27(16-2)38-11/h23-25,27-32,38H,15-22H2,1-14H3,(H,39,45)(H,40,46). The fourth-order valence-corrected chi connectivity index (χ4v) is 6.06. The number of nitrogens with zero attached hydrogens (tertiary/aromatic N) is 3. The smallest absolute Gasteiger partial charge is 0.245 e. The maximum atomic E-state index is 14.1. The van der Waals surface area contributed by atoms with E-state index in [0.717, 1.165) is 19.3 Å². The zero-order valence-corrected chi connectivity index (χ0v) is 33.1. The number of unbranched alkanes of at least 4 members (excludes halogenated alkanes) is 2. The van der Waals surface area contributed by atoms with Crippen molar-refractivity contribution in [3.63, 3.8) is 0 Å². The molecule has 3 N–H and O–H groups in total. The van der Waals surface area contributed by atoms with Gasteiger partial charge in [-0.15, -0.1) is 0 Å². The van der Waals surface area contributed by atoms with Crippen molar-refractivity contribution in [3.05, 3.63) is 0 Å². The third kappa shape index (κ3) is 14.4. The van der Waals surface area contributed by atoms with Gasteiger partial charge in [-0.3, -0.25) is 28.8 Å². The second-order valence-electron chi connectivity index (χ2n) is 14.7. The first-order valence-electron chi connectivity index (χ1n) is 18.4. The average molecular weight is 695 g/mol. The number of hydrogen-bond donors (Lipinski definition) is 3. The lowest BCUT2D eigenvalue weighted by Gasteiger charge is -2.37. The van der Waals surface area contributed by atoms with Crippen LogP contribution in [0, 0.1) is 17.8 Å². The summed E-state index contributed by atoms with van der Waals surface area (Å²) in [6.45, 7) is 18.7. The van der Waals surface area contributed by atoms with E-state index in [9.17, 15) is 28.8 Å². The summed E-state index contributed by atoms with van der Waals surface area (Å²) in [6, 6.07) is -4.56. The molecule has 0 aromatic heterocycles. The van der Waals surface area contributed by atoms with E-state index in [-0.39, 0.29) is 35.4 Å². The summed E-state index contributed by atoms with van der Waals surface area (Å²) >= 11 is 0. The van der Waals surface area contributed by atoms with Gasteiger partial charge in [-0.05, 0) is 63.8 Å². The highest BCUT2D eigenvalue weighted by atomic mass is 16.2. The van der Waals surface area contributed by atoms with Crippen LogP contribution in [0.4, 0.5) is 0 Å². The second-order valence-corrected chi connectivity index (χ2v) is 14.7. The Morgan fingerprint density at radius 1 is 0.592 bits per heavy atom. The van der Waals surface area contributed by atoms with Crippen LogP contribution in [0.25, 0.3) is 0 Å². The molecule has 5 amide bonds. The van der Waals surface area contributed by atoms with Crippen LogP contribution in [0.1, 0.15) is 121 Å². The molecule has 12 nitrogen and oxygen atoms in total. The van der Waals surface area contributed by atoms with Gasteiger partial charge < -0.3 is 30.7 Å². The third-order valence-electron chi connectivity index (χ3n) is 9.30. The summed E-state index contributed by atoms with van der Waals surface area (Å²) in [4.78, 5) is 85.4. The summed E-state index contributed by atoms with van der Waals surface area (Å²) in [7, 11) is 6.44. The lowest BCUT2D eigenvalue weighted by atomic mass is 9.96. The molecule has 0 heterocycles. The average Bonchev–Trinajstić information content (AvgIpc) is 3.03. The SMILES string of the molecule is CCCCCC(NC(=O)C(CC(C)C)N(C)C(=O)C(NC(=O)C(CC(C)C)N(C)C(=O)C(CC)N(C)C(=O)C(CC)NC)C(C)C)C(C)=O. The molecule has 0 saturated heterocycles. The predicted octanol–water partition coefficient (Wildman–Crippen LogP) is 3.76. The van der Waals surface area contributed by atoms with Crippen molar-refractivity contribution < 1.29 is 28.8 Å². The molecule has 0 fully saturated rings. The first-order valence-corrected chi connectivity index (χ1v) is 18.4. The monoisotopic (exact) mass is 695 g/mol. The van der Waals surface area contributed by atoms with Gasteiger partial charge in [0.15, 0.2) is 5.78 Å². The van der Waals surface area contributed by atoms with E-state index in [1.54, 1.807) is 28.2 Å². The van der Waals surface area contributed by atoms with Gasteiger partial charge in [0.1, 0.15) is 24.2 Å². The van der Waals surface area contributed by atoms with E-state index in [4.69, 9.17) is 0 Å². The lowest BCUT2D eigenvalue weighted by Crippen LogP contribution is -2.61. The van der Waals surface area contributed by atoms with Crippen molar-refractivity contribution in [3.8, 4) is 0 Å². The highest BCUT2D eigenvalue weighted by Crippen LogP contribution is 2.19. The summed E-state index contributed by atoms with van der Waals surface area (Å²) < 4.78 is 0. The van der Waals surface area contributed by atoms with Gasteiger partial charge in [0.05, 0.1) is 12.1 Å². The van der Waals surface area contributed by atoms with Gasteiger partial charge in [0, 0.05) is 21.1 Å². The molecule has 6 unspecified atom stereocenters. The van der Waals surface area contributed by atoms with Gasteiger partial charge in [0.2, 0.25) is 29.5 Å². The van der Waals surface area contributed by atoms with Gasteiger partial charge in [-0.1, -0.05) is 81.6 Å². The highest BCUT2D eigenvalue weighted by Gasteiger charge is 2.39. The first-order chi connectivity index (χ1) is 22.8. The molecule has 0 aromatic rings. The van der Waals surface area contributed by atoms with Crippen molar-refractivity contribution in [2.45, 2.75) is 157 Å². The Morgan fingerprint density at radius 3 is 1.45 bits per heavy atom. The van der Waals surface area contributed by atoms with E-state index in [0.29, 0.717) is 32.1 Å². The molecule has 6 atom stereocenters. The molecule has 0 aliphatic carbocycles. The third-order valence-corrected chi connectivity index (χ3v) is 9.30. The number of rotatable bonds is 23. The van der Waals surface area contributed by atoms with Gasteiger partial charge in [-0.2, -0.15) is 0 Å². The van der Waals surface area contributed by atoms with Crippen molar-refractivity contribution in [1.29, 1.82) is 0 Å². The number of hydrogen-bond acceptors (Lipinski definition) is 7. The summed E-state index contributed by atoms with van der Waals surface area (Å²) in [6.07, 6.45) is 4.92. The van der Waals surface area contributed by atoms with Crippen LogP contribution in [0.3, 0.4) is 0 Å². The maximum absolute atomic E-state index is 14.1. The number of nitrogens with one attached hydrogen (secondary N) is 3. The summed E-state index contributed by atoms with van der Waals surface area (Å²) in [5.41, 5.74) is 0. The summed E-state index contributed by atoms with van der Waals surface area (Å²) in [5, 5.41) is 8.81. The molecule has 0 spiro atoms. The van der Waals surface area contributed by atoms with Gasteiger partial charge in [-0.25, -0.2) is 0 Å². The molecule has 0 saturated carbocycles. The number of carbonyl (C=O) groups excluding carboxylic acids is 6. The van der Waals surface area contributed by atoms with E-state index in [1.165, 1.54) is 21.6 Å². The molecule has 49 heavy (non-hydrogen) atoms. The molecular formula is C37H70N6O6. The number of ketones is 1. The summed E-state index contributed by atoms with van der Waals surface area (Å²) in [5.74, 6) is -2.21. The number of carbonyl (C=O) groups is 6. The molecule has 0 radical (unpaired) electrons. The minimum atomic E-state index is -0.974. The highest BCUT2D eigenvalue weighted by molar-refractivity contribution is 5.96. The Balaban J connectivity index is 6.32. The molecule has 0 aliphatic heterocycles. The van der Waals surface area contributed by atoms with Crippen LogP contribution in [-0.4, -0.2) is 114 Å². The Hall–Kier alpha value is -3.02. The number of Topliss-reactive ketones (excluding diaryl/α,β-unsaturated/α-hetero) is 1. The van der Waals surface area contributed by atoms with Crippen LogP contribution in [0.5, 0.6) is 0 Å². The van der Waals surface area contributed by atoms with Crippen LogP contribution in [0.15, 0.2) is 0 Å². The Morgan fingerprint density at radius 2 is 1.06 bits per heavy atom. The minimum Gasteiger partial charge on any atom is -0.345 e. The molecule has 12 heteroatoms. The van der Waals surface area contributed by atoms with Crippen molar-refractivity contribution in [2.24, 2.45) is 17.8 Å². The molecular weight excluding hydrogens is 624 g/mol. The molecule has 0 bridgehead atoms. The van der Waals surface area contributed by atoms with Gasteiger partial charge >= 0.3 is 0 Å². The molecule has 0 aliphatic rings. The van der Waals surface area contributed by atoms with E-state index >= 15 is 0 Å². The van der Waals surface area contributed by atoms with E-state index < -0.39 is 54.0 Å². The van der Waals surface area contributed by atoms with Crippen LogP contribution in [0.2, 0.25) is 0 Å². The van der Waals surface area contributed by atoms with Gasteiger partial charge in [0.25, 0.3) is 0 Å². The minimum absolute atomic E-state index is 0.0424. The Labute approximate surface area is 297 Å². The molecule has 0 rings (SSSR count). The van der Waals surface area contributed by atoms with Crippen LogP contribution < -0.4 is 16.0 Å². The normalized spacial score (nSPS) is 15.2. The second kappa shape index (κ2) is 22.6. The topological polar surface area (TPSA) is 148 Å². The first kappa shape index (κ1) is 46.0. The fourth-order valence-electron chi connectivity index (χ4n) is 6.06. The van der Waals surface area contributed by atoms with Crippen molar-refractivity contribution >= 4 is 35.3 Å². The zero-order chi connectivity index (χ0) is 38.2. The predicted molar refractivity (Wildman–Crippen MR) is 196 cm³/mol. The number of likely N-dealkylation sites (N-methyl/N-ethyl adjacent to an activating group) is 4. The Kier molecular flexibility index (Phi) is 21.3. The van der Waals surface area contributed by atoms with Crippen LogP contribution >= 0.6 is 0 Å². The largest absolute Gasteiger partial charge is 0.345 e. The molecule has 0 aromatic carbocycles.